The van der Waals surface area contributed by atoms with Crippen LogP contribution in [0.4, 0.5) is 0 Å². The highest BCUT2D eigenvalue weighted by atomic mass is 13.9. The third-order valence-electron chi connectivity index (χ3n) is 1.90. The van der Waals surface area contributed by atoms with Crippen LogP contribution < -0.4 is 0 Å². The van der Waals surface area contributed by atoms with Gasteiger partial charge in [-0.25, -0.2) is 0 Å². The van der Waals surface area contributed by atoms with Crippen LogP contribution in [0.5, 0.6) is 0 Å². The lowest BCUT2D eigenvalue weighted by atomic mass is 10.1. The van der Waals surface area contributed by atoms with Crippen LogP contribution in [0.25, 0.3) is 10.8 Å². The summed E-state index contributed by atoms with van der Waals surface area (Å²) in [6.07, 6.45) is 0. The van der Waals surface area contributed by atoms with Crippen molar-refractivity contribution in [2.24, 2.45) is 0 Å². The minimum absolute atomic E-state index is 1.32. The summed E-state index contributed by atoms with van der Waals surface area (Å²) in [5.41, 5.74) is 1.32. The zero-order chi connectivity index (χ0) is 11.7. The van der Waals surface area contributed by atoms with Crippen molar-refractivity contribution >= 4 is 10.8 Å². The zero-order valence-corrected chi connectivity index (χ0v) is 9.96. The second-order valence-corrected chi connectivity index (χ2v) is 2.85. The van der Waals surface area contributed by atoms with Crippen molar-refractivity contribution in [2.75, 3.05) is 0 Å². The van der Waals surface area contributed by atoms with Gasteiger partial charge < -0.3 is 0 Å². The van der Waals surface area contributed by atoms with E-state index in [1.165, 1.54) is 16.3 Å². The molecule has 15 heavy (non-hydrogen) atoms. The Hall–Kier alpha value is -1.56. The average molecular weight is 200 g/mol. The van der Waals surface area contributed by atoms with E-state index in [0.717, 1.165) is 0 Å². The molecule has 2 aromatic carbocycles. The molecule has 0 bridgehead atoms. The van der Waals surface area contributed by atoms with E-state index < -0.39 is 0 Å². The monoisotopic (exact) mass is 200 g/mol. The van der Waals surface area contributed by atoms with Crippen molar-refractivity contribution in [2.45, 2.75) is 20.8 Å². The van der Waals surface area contributed by atoms with Crippen molar-refractivity contribution in [1.82, 2.24) is 0 Å². The van der Waals surface area contributed by atoms with E-state index in [4.69, 9.17) is 0 Å². The Morgan fingerprint density at radius 3 is 1.93 bits per heavy atom. The van der Waals surface area contributed by atoms with Gasteiger partial charge in [0.2, 0.25) is 0 Å². The first kappa shape index (κ1) is 13.4. The number of fused-ring (bicyclic) bond motifs is 1. The Balaban J connectivity index is 0.000000442. The van der Waals surface area contributed by atoms with Gasteiger partial charge in [0.1, 0.15) is 0 Å². The first-order valence-corrected chi connectivity index (χ1v) is 5.32. The van der Waals surface area contributed by atoms with E-state index in [2.05, 4.69) is 62.5 Å². The molecule has 2 aromatic rings. The van der Waals surface area contributed by atoms with E-state index in [1.54, 1.807) is 0 Å². The van der Waals surface area contributed by atoms with Crippen LogP contribution in [0.3, 0.4) is 0 Å². The van der Waals surface area contributed by atoms with Gasteiger partial charge in [-0.05, 0) is 17.7 Å². The Kier molecular flexibility index (Phi) is 7.00. The molecule has 0 heteroatoms. The smallest absolute Gasteiger partial charge is 0.0181 e. The standard InChI is InChI=1S/C11H10.C2H6.C2H4/c1-9-6-7-10-4-2-3-5-11(10)8-9;2*1-2/h2-8H,1H3;1-2H3;1-2H2. The summed E-state index contributed by atoms with van der Waals surface area (Å²) >= 11 is 0. The van der Waals surface area contributed by atoms with Gasteiger partial charge in [-0.15, -0.1) is 13.2 Å². The first-order valence-electron chi connectivity index (χ1n) is 5.32. The molecule has 0 unspecified atom stereocenters. The Morgan fingerprint density at radius 1 is 0.800 bits per heavy atom. The van der Waals surface area contributed by atoms with E-state index >= 15 is 0 Å². The quantitative estimate of drug-likeness (QED) is 0.526. The minimum atomic E-state index is 1.32. The fourth-order valence-electron chi connectivity index (χ4n) is 1.31. The molecule has 0 saturated carbocycles. The van der Waals surface area contributed by atoms with Crippen LogP contribution >= 0.6 is 0 Å². The van der Waals surface area contributed by atoms with Gasteiger partial charge in [0, 0.05) is 0 Å². The molecule has 0 radical (unpaired) electrons. The summed E-state index contributed by atoms with van der Waals surface area (Å²) in [5.74, 6) is 0. The second kappa shape index (κ2) is 7.81. The molecule has 0 aliphatic carbocycles. The predicted molar refractivity (Wildman–Crippen MR) is 71.3 cm³/mol. The molecule has 0 amide bonds. The maximum atomic E-state index is 3.00. The molecule has 0 N–H and O–H groups in total. The number of aryl methyl sites for hydroxylation is 1. The number of hydrogen-bond donors (Lipinski definition) is 0. The average Bonchev–Trinajstić information content (AvgIpc) is 2.34. The van der Waals surface area contributed by atoms with E-state index in [9.17, 15) is 0 Å². The van der Waals surface area contributed by atoms with Crippen molar-refractivity contribution in [3.05, 3.63) is 61.2 Å². The summed E-state index contributed by atoms with van der Waals surface area (Å²) in [5, 5.41) is 2.64. The fraction of sp³-hybridized carbons (Fsp3) is 0.200. The van der Waals surface area contributed by atoms with E-state index in [-0.39, 0.29) is 0 Å². The lowest BCUT2D eigenvalue weighted by Gasteiger charge is -1.96. The molecule has 0 aromatic heterocycles. The molecule has 0 atom stereocenters. The van der Waals surface area contributed by atoms with Crippen LogP contribution in [-0.2, 0) is 0 Å². The molecule has 0 fully saturated rings. The van der Waals surface area contributed by atoms with Gasteiger partial charge in [-0.2, -0.15) is 0 Å². The fourth-order valence-corrected chi connectivity index (χ4v) is 1.31. The molecular formula is C15H20. The van der Waals surface area contributed by atoms with Gasteiger partial charge in [0.15, 0.2) is 0 Å². The summed E-state index contributed by atoms with van der Waals surface area (Å²) in [6.45, 7) is 12.1. The maximum Gasteiger partial charge on any atom is -0.0181 e. The minimum Gasteiger partial charge on any atom is -0.106 e. The van der Waals surface area contributed by atoms with Gasteiger partial charge >= 0.3 is 0 Å². The van der Waals surface area contributed by atoms with Crippen molar-refractivity contribution in [3.8, 4) is 0 Å². The summed E-state index contributed by atoms with van der Waals surface area (Å²) in [7, 11) is 0. The lowest BCUT2D eigenvalue weighted by Crippen LogP contribution is -1.73. The number of hydrogen-bond acceptors (Lipinski definition) is 0. The van der Waals surface area contributed by atoms with Crippen molar-refractivity contribution in [3.63, 3.8) is 0 Å². The summed E-state index contributed by atoms with van der Waals surface area (Å²) < 4.78 is 0. The Bertz CT molecular complexity index is 388. The molecule has 0 aliphatic heterocycles. The second-order valence-electron chi connectivity index (χ2n) is 2.85. The zero-order valence-electron chi connectivity index (χ0n) is 9.96. The van der Waals surface area contributed by atoms with Crippen molar-refractivity contribution in [1.29, 1.82) is 0 Å². The third kappa shape index (κ3) is 3.99. The van der Waals surface area contributed by atoms with Gasteiger partial charge in [0.05, 0.1) is 0 Å². The molecular weight excluding hydrogens is 180 g/mol. The van der Waals surface area contributed by atoms with Gasteiger partial charge in [-0.1, -0.05) is 61.9 Å². The normalized spacial score (nSPS) is 8.20. The summed E-state index contributed by atoms with van der Waals surface area (Å²) in [6, 6.07) is 14.9. The van der Waals surface area contributed by atoms with Crippen LogP contribution in [0.1, 0.15) is 19.4 Å². The Morgan fingerprint density at radius 2 is 1.33 bits per heavy atom. The highest BCUT2D eigenvalue weighted by Crippen LogP contribution is 2.14. The van der Waals surface area contributed by atoms with Crippen LogP contribution in [0.2, 0.25) is 0 Å². The highest BCUT2D eigenvalue weighted by molar-refractivity contribution is 5.82. The summed E-state index contributed by atoms with van der Waals surface area (Å²) in [4.78, 5) is 0. The molecule has 2 rings (SSSR count). The van der Waals surface area contributed by atoms with Crippen LogP contribution in [0, 0.1) is 6.92 Å². The van der Waals surface area contributed by atoms with E-state index in [1.807, 2.05) is 13.8 Å². The predicted octanol–water partition coefficient (Wildman–Crippen LogP) is 4.98. The number of benzene rings is 2. The molecule has 0 spiro atoms. The molecule has 0 heterocycles. The molecule has 0 saturated heterocycles. The SMILES string of the molecule is C=C.CC.Cc1ccc2ccccc2c1. The molecule has 0 nitrogen and oxygen atoms in total. The van der Waals surface area contributed by atoms with E-state index in [0.29, 0.717) is 0 Å². The first-order chi connectivity index (χ1) is 7.36. The highest BCUT2D eigenvalue weighted by Gasteiger charge is 1.89. The van der Waals surface area contributed by atoms with Gasteiger partial charge in [0.25, 0.3) is 0 Å². The van der Waals surface area contributed by atoms with Gasteiger partial charge in [-0.3, -0.25) is 0 Å². The third-order valence-corrected chi connectivity index (χ3v) is 1.90. The maximum absolute atomic E-state index is 3.00. The Labute approximate surface area is 93.3 Å². The van der Waals surface area contributed by atoms with Crippen LogP contribution in [0.15, 0.2) is 55.6 Å². The lowest BCUT2D eigenvalue weighted by molar-refractivity contribution is 1.50. The molecule has 0 aliphatic rings. The molecule has 80 valence electrons. The number of rotatable bonds is 0. The van der Waals surface area contributed by atoms with Crippen molar-refractivity contribution < 1.29 is 0 Å². The topological polar surface area (TPSA) is 0 Å². The van der Waals surface area contributed by atoms with Crippen LogP contribution in [-0.4, -0.2) is 0 Å². The largest absolute Gasteiger partial charge is 0.106 e.